The molecule has 5 aromatic rings. The molecule has 0 aliphatic rings. The molecule has 1 aromatic heterocycles. The standard InChI is InChI=1S/C31H25NO/c1-5-13-24(14-6-1)28(21-29-23-32-31(33-29)27-19-11-4-12-20-27)22-30(25-15-7-2-8-16-25)26-17-9-3-10-18-26/h1-20,22-23,28H,21H2. The number of nitrogens with zero attached hydrogens (tertiary/aromatic N) is 1. The van der Waals surface area contributed by atoms with Crippen molar-refractivity contribution < 1.29 is 4.42 Å². The molecule has 0 aliphatic carbocycles. The van der Waals surface area contributed by atoms with Crippen LogP contribution in [-0.2, 0) is 6.42 Å². The van der Waals surface area contributed by atoms with Gasteiger partial charge in [0.1, 0.15) is 5.76 Å². The lowest BCUT2D eigenvalue weighted by Gasteiger charge is -2.16. The number of allylic oxidation sites excluding steroid dienone is 1. The van der Waals surface area contributed by atoms with Crippen molar-refractivity contribution in [1.29, 1.82) is 0 Å². The van der Waals surface area contributed by atoms with Crippen LogP contribution in [0.1, 0.15) is 28.4 Å². The van der Waals surface area contributed by atoms with E-state index in [0.717, 1.165) is 17.7 Å². The fraction of sp³-hybridized carbons (Fsp3) is 0.0645. The average molecular weight is 428 g/mol. The Morgan fingerprint density at radius 2 is 1.18 bits per heavy atom. The Labute approximate surface area is 194 Å². The Bertz CT molecular complexity index is 1270. The highest BCUT2D eigenvalue weighted by Gasteiger charge is 2.16. The molecule has 0 N–H and O–H groups in total. The molecule has 1 unspecified atom stereocenters. The Kier molecular flexibility index (Phi) is 6.26. The monoisotopic (exact) mass is 427 g/mol. The lowest BCUT2D eigenvalue weighted by Crippen LogP contribution is -2.02. The highest BCUT2D eigenvalue weighted by atomic mass is 16.4. The molecule has 1 heterocycles. The number of oxazole rings is 1. The van der Waals surface area contributed by atoms with Crippen LogP contribution in [0.15, 0.2) is 138 Å². The molecular weight excluding hydrogens is 402 g/mol. The van der Waals surface area contributed by atoms with E-state index >= 15 is 0 Å². The van der Waals surface area contributed by atoms with Crippen LogP contribution in [0, 0.1) is 0 Å². The van der Waals surface area contributed by atoms with E-state index in [9.17, 15) is 0 Å². The zero-order chi connectivity index (χ0) is 22.3. The topological polar surface area (TPSA) is 26.0 Å². The van der Waals surface area contributed by atoms with Crippen molar-refractivity contribution in [3.8, 4) is 11.5 Å². The Hall–Kier alpha value is -4.17. The summed E-state index contributed by atoms with van der Waals surface area (Å²) in [5.74, 6) is 1.67. The second-order valence-corrected chi connectivity index (χ2v) is 8.03. The minimum Gasteiger partial charge on any atom is -0.441 e. The van der Waals surface area contributed by atoms with Gasteiger partial charge in [-0.05, 0) is 34.4 Å². The summed E-state index contributed by atoms with van der Waals surface area (Å²) >= 11 is 0. The molecule has 0 spiro atoms. The van der Waals surface area contributed by atoms with Gasteiger partial charge in [0.05, 0.1) is 6.20 Å². The van der Waals surface area contributed by atoms with E-state index in [1.54, 1.807) is 0 Å². The zero-order valence-electron chi connectivity index (χ0n) is 18.3. The van der Waals surface area contributed by atoms with Crippen molar-refractivity contribution in [3.05, 3.63) is 156 Å². The maximum Gasteiger partial charge on any atom is 0.226 e. The van der Waals surface area contributed by atoms with Gasteiger partial charge in [0.2, 0.25) is 5.89 Å². The number of aromatic nitrogens is 1. The van der Waals surface area contributed by atoms with E-state index in [2.05, 4.69) is 102 Å². The number of hydrogen-bond acceptors (Lipinski definition) is 2. The average Bonchev–Trinajstić information content (AvgIpc) is 3.37. The number of rotatable bonds is 7. The van der Waals surface area contributed by atoms with Crippen LogP contribution in [0.25, 0.3) is 17.0 Å². The molecule has 160 valence electrons. The first-order valence-corrected chi connectivity index (χ1v) is 11.2. The van der Waals surface area contributed by atoms with Crippen LogP contribution in [0.3, 0.4) is 0 Å². The fourth-order valence-corrected chi connectivity index (χ4v) is 4.10. The molecule has 5 rings (SSSR count). The molecule has 0 radical (unpaired) electrons. The van der Waals surface area contributed by atoms with Crippen molar-refractivity contribution in [2.24, 2.45) is 0 Å². The third-order valence-corrected chi connectivity index (χ3v) is 5.76. The van der Waals surface area contributed by atoms with Crippen molar-refractivity contribution in [3.63, 3.8) is 0 Å². The molecule has 0 saturated carbocycles. The van der Waals surface area contributed by atoms with Gasteiger partial charge in [0.25, 0.3) is 0 Å². The van der Waals surface area contributed by atoms with Gasteiger partial charge in [-0.2, -0.15) is 0 Å². The van der Waals surface area contributed by atoms with Gasteiger partial charge in [0.15, 0.2) is 0 Å². The lowest BCUT2D eigenvalue weighted by atomic mass is 9.88. The highest BCUT2D eigenvalue weighted by molar-refractivity contribution is 5.80. The van der Waals surface area contributed by atoms with E-state index in [1.807, 2.05) is 36.5 Å². The van der Waals surface area contributed by atoms with E-state index in [0.29, 0.717) is 5.89 Å². The van der Waals surface area contributed by atoms with Gasteiger partial charge in [-0.1, -0.05) is 115 Å². The van der Waals surface area contributed by atoms with Crippen LogP contribution in [0.4, 0.5) is 0 Å². The smallest absolute Gasteiger partial charge is 0.226 e. The van der Waals surface area contributed by atoms with Crippen LogP contribution in [0.5, 0.6) is 0 Å². The van der Waals surface area contributed by atoms with Gasteiger partial charge in [-0.15, -0.1) is 0 Å². The maximum atomic E-state index is 6.17. The second kappa shape index (κ2) is 9.97. The largest absolute Gasteiger partial charge is 0.441 e. The Morgan fingerprint density at radius 3 is 1.76 bits per heavy atom. The number of benzene rings is 4. The summed E-state index contributed by atoms with van der Waals surface area (Å²) in [6, 6.07) is 41.8. The lowest BCUT2D eigenvalue weighted by molar-refractivity contribution is 0.508. The maximum absolute atomic E-state index is 6.17. The molecule has 0 bridgehead atoms. The van der Waals surface area contributed by atoms with Gasteiger partial charge in [-0.25, -0.2) is 4.98 Å². The molecule has 0 fully saturated rings. The Balaban J connectivity index is 1.55. The Morgan fingerprint density at radius 1 is 0.667 bits per heavy atom. The molecule has 33 heavy (non-hydrogen) atoms. The minimum atomic E-state index is 0.137. The van der Waals surface area contributed by atoms with Crippen molar-refractivity contribution in [1.82, 2.24) is 4.98 Å². The molecule has 4 aromatic carbocycles. The highest BCUT2D eigenvalue weighted by Crippen LogP contribution is 2.31. The first-order chi connectivity index (χ1) is 16.4. The third-order valence-electron chi connectivity index (χ3n) is 5.76. The molecule has 0 aliphatic heterocycles. The van der Waals surface area contributed by atoms with E-state index < -0.39 is 0 Å². The van der Waals surface area contributed by atoms with E-state index in [4.69, 9.17) is 4.42 Å². The summed E-state index contributed by atoms with van der Waals surface area (Å²) in [7, 11) is 0. The molecule has 0 amide bonds. The second-order valence-electron chi connectivity index (χ2n) is 8.03. The summed E-state index contributed by atoms with van der Waals surface area (Å²) in [6.45, 7) is 0. The summed E-state index contributed by atoms with van der Waals surface area (Å²) in [6.07, 6.45) is 4.95. The minimum absolute atomic E-state index is 0.137. The van der Waals surface area contributed by atoms with Gasteiger partial charge >= 0.3 is 0 Å². The van der Waals surface area contributed by atoms with Crippen LogP contribution in [-0.4, -0.2) is 4.98 Å². The molecule has 2 heteroatoms. The fourth-order valence-electron chi connectivity index (χ4n) is 4.10. The van der Waals surface area contributed by atoms with Gasteiger partial charge in [-0.3, -0.25) is 0 Å². The molecular formula is C31H25NO. The third kappa shape index (κ3) is 5.02. The molecule has 1 atom stereocenters. The number of hydrogen-bond donors (Lipinski definition) is 0. The summed E-state index contributed by atoms with van der Waals surface area (Å²) in [4.78, 5) is 4.54. The first-order valence-electron chi connectivity index (χ1n) is 11.2. The zero-order valence-corrected chi connectivity index (χ0v) is 18.3. The summed E-state index contributed by atoms with van der Waals surface area (Å²) < 4.78 is 6.17. The normalized spacial score (nSPS) is 11.6. The van der Waals surface area contributed by atoms with Crippen LogP contribution in [0.2, 0.25) is 0 Å². The van der Waals surface area contributed by atoms with Crippen molar-refractivity contribution >= 4 is 5.57 Å². The quantitative estimate of drug-likeness (QED) is 0.265. The van der Waals surface area contributed by atoms with Crippen molar-refractivity contribution in [2.75, 3.05) is 0 Å². The van der Waals surface area contributed by atoms with Gasteiger partial charge in [0, 0.05) is 17.9 Å². The van der Waals surface area contributed by atoms with E-state index in [1.165, 1.54) is 22.3 Å². The van der Waals surface area contributed by atoms with Crippen LogP contribution >= 0.6 is 0 Å². The van der Waals surface area contributed by atoms with Crippen molar-refractivity contribution in [2.45, 2.75) is 12.3 Å². The predicted molar refractivity (Wildman–Crippen MR) is 135 cm³/mol. The van der Waals surface area contributed by atoms with Gasteiger partial charge < -0.3 is 4.42 Å². The summed E-state index contributed by atoms with van der Waals surface area (Å²) in [5.41, 5.74) is 5.86. The molecule has 2 nitrogen and oxygen atoms in total. The SMILES string of the molecule is C(=C(c1ccccc1)c1ccccc1)C(Cc1cnc(-c2ccccc2)o1)c1ccccc1. The van der Waals surface area contributed by atoms with Crippen LogP contribution < -0.4 is 0 Å². The van der Waals surface area contributed by atoms with E-state index in [-0.39, 0.29) is 5.92 Å². The molecule has 0 saturated heterocycles. The first kappa shape index (κ1) is 20.7. The predicted octanol–water partition coefficient (Wildman–Crippen LogP) is 7.80. The summed E-state index contributed by atoms with van der Waals surface area (Å²) in [5, 5.41) is 0.